The largest absolute Gasteiger partial charge is 0.378 e. The van der Waals surface area contributed by atoms with Crippen LogP contribution in [0, 0.1) is 0 Å². The maximum Gasteiger partial charge on any atom is 0.309 e. The number of carbonyl (C=O) groups excluding carboxylic acids is 2. The second-order valence-electron chi connectivity index (χ2n) is 6.68. The van der Waals surface area contributed by atoms with E-state index in [0.29, 0.717) is 19.5 Å². The van der Waals surface area contributed by atoms with Crippen LogP contribution in [-0.4, -0.2) is 39.0 Å². The highest BCUT2D eigenvalue weighted by atomic mass is 16.2. The maximum atomic E-state index is 11.8. The van der Waals surface area contributed by atoms with Gasteiger partial charge in [-0.15, -0.1) is 0 Å². The molecule has 0 spiro atoms. The summed E-state index contributed by atoms with van der Waals surface area (Å²) in [7, 11) is 4.00. The third-order valence-corrected chi connectivity index (χ3v) is 4.47. The Kier molecular flexibility index (Phi) is 7.51. The molecule has 25 heavy (non-hydrogen) atoms. The molecule has 1 aliphatic carbocycles. The molecule has 0 saturated carbocycles. The van der Waals surface area contributed by atoms with E-state index in [1.54, 1.807) is 0 Å². The van der Waals surface area contributed by atoms with Gasteiger partial charge in [0, 0.05) is 32.9 Å². The number of rotatable bonds is 7. The molecule has 0 fully saturated rings. The lowest BCUT2D eigenvalue weighted by Crippen LogP contribution is -2.41. The normalized spacial score (nSPS) is 13.8. The summed E-state index contributed by atoms with van der Waals surface area (Å²) >= 11 is 0. The predicted octanol–water partition coefficient (Wildman–Crippen LogP) is 2.42. The minimum atomic E-state index is -0.553. The van der Waals surface area contributed by atoms with Gasteiger partial charge in [-0.25, -0.2) is 0 Å². The molecule has 136 valence electrons. The Morgan fingerprint density at radius 2 is 1.60 bits per heavy atom. The zero-order valence-electron chi connectivity index (χ0n) is 15.3. The number of benzene rings is 1. The standard InChI is InChI=1S/C20H29N3O2/c1-23(2)18-10-8-17(9-11-18)13-15-22-20(25)19(24)21-14-12-16-6-4-3-5-7-16/h6,8-11H,3-5,7,12-15H2,1-2H3,(H,21,24)(H,22,25). The molecule has 0 bridgehead atoms. The summed E-state index contributed by atoms with van der Waals surface area (Å²) < 4.78 is 0. The van der Waals surface area contributed by atoms with E-state index in [2.05, 4.69) is 16.7 Å². The number of amides is 2. The first-order chi connectivity index (χ1) is 12.1. The van der Waals surface area contributed by atoms with Crippen molar-refractivity contribution in [2.45, 2.75) is 38.5 Å². The van der Waals surface area contributed by atoms with E-state index in [-0.39, 0.29) is 0 Å². The number of anilines is 1. The van der Waals surface area contributed by atoms with Crippen LogP contribution in [0.1, 0.15) is 37.7 Å². The minimum absolute atomic E-state index is 0.457. The zero-order valence-corrected chi connectivity index (χ0v) is 15.3. The maximum absolute atomic E-state index is 11.8. The first-order valence-corrected chi connectivity index (χ1v) is 9.06. The molecule has 2 rings (SSSR count). The van der Waals surface area contributed by atoms with E-state index >= 15 is 0 Å². The highest BCUT2D eigenvalue weighted by molar-refractivity contribution is 6.35. The van der Waals surface area contributed by atoms with Gasteiger partial charge in [-0.3, -0.25) is 9.59 Å². The van der Waals surface area contributed by atoms with Gasteiger partial charge in [0.2, 0.25) is 0 Å². The summed E-state index contributed by atoms with van der Waals surface area (Å²) in [6.07, 6.45) is 8.56. The Morgan fingerprint density at radius 1 is 0.960 bits per heavy atom. The molecular weight excluding hydrogens is 314 g/mol. The van der Waals surface area contributed by atoms with Crippen LogP contribution in [0.25, 0.3) is 0 Å². The molecule has 0 saturated heterocycles. The quantitative estimate of drug-likeness (QED) is 0.590. The molecule has 2 amide bonds. The summed E-state index contributed by atoms with van der Waals surface area (Å²) in [5.41, 5.74) is 3.67. The molecule has 5 heteroatoms. The summed E-state index contributed by atoms with van der Waals surface area (Å²) in [6.45, 7) is 0.989. The summed E-state index contributed by atoms with van der Waals surface area (Å²) in [5, 5.41) is 5.38. The van der Waals surface area contributed by atoms with Crippen LogP contribution in [0.2, 0.25) is 0 Å². The lowest BCUT2D eigenvalue weighted by molar-refractivity contribution is -0.139. The van der Waals surface area contributed by atoms with Gasteiger partial charge in [0.05, 0.1) is 0 Å². The van der Waals surface area contributed by atoms with Gasteiger partial charge >= 0.3 is 11.8 Å². The molecule has 0 aliphatic heterocycles. The average molecular weight is 343 g/mol. The van der Waals surface area contributed by atoms with Crippen LogP contribution in [0.5, 0.6) is 0 Å². The van der Waals surface area contributed by atoms with Gasteiger partial charge in [0.1, 0.15) is 0 Å². The van der Waals surface area contributed by atoms with Gasteiger partial charge in [0.15, 0.2) is 0 Å². The van der Waals surface area contributed by atoms with Crippen molar-refractivity contribution >= 4 is 17.5 Å². The van der Waals surface area contributed by atoms with Gasteiger partial charge in [-0.2, -0.15) is 0 Å². The van der Waals surface area contributed by atoms with E-state index in [1.165, 1.54) is 18.4 Å². The second-order valence-corrected chi connectivity index (χ2v) is 6.68. The topological polar surface area (TPSA) is 61.4 Å². The highest BCUT2D eigenvalue weighted by Crippen LogP contribution is 2.19. The molecule has 0 unspecified atom stereocenters. The van der Waals surface area contributed by atoms with Crippen molar-refractivity contribution in [3.63, 3.8) is 0 Å². The van der Waals surface area contributed by atoms with E-state index < -0.39 is 11.8 Å². The number of nitrogens with zero attached hydrogens (tertiary/aromatic N) is 1. The summed E-state index contributed by atoms with van der Waals surface area (Å²) in [5.74, 6) is -1.10. The van der Waals surface area contributed by atoms with Crippen molar-refractivity contribution in [3.05, 3.63) is 41.5 Å². The van der Waals surface area contributed by atoms with Crippen LogP contribution >= 0.6 is 0 Å². The fourth-order valence-corrected chi connectivity index (χ4v) is 2.91. The minimum Gasteiger partial charge on any atom is -0.378 e. The fourth-order valence-electron chi connectivity index (χ4n) is 2.91. The molecule has 1 aliphatic rings. The lowest BCUT2D eigenvalue weighted by atomic mass is 9.97. The number of allylic oxidation sites excluding steroid dienone is 1. The zero-order chi connectivity index (χ0) is 18.1. The third-order valence-electron chi connectivity index (χ3n) is 4.47. The third kappa shape index (κ3) is 6.61. The van der Waals surface area contributed by atoms with Crippen LogP contribution in [0.15, 0.2) is 35.9 Å². The number of nitrogens with one attached hydrogen (secondary N) is 2. The van der Waals surface area contributed by atoms with Gasteiger partial charge in [-0.1, -0.05) is 23.8 Å². The Balaban J connectivity index is 1.63. The first kappa shape index (κ1) is 19.0. The molecule has 2 N–H and O–H groups in total. The smallest absolute Gasteiger partial charge is 0.309 e. The summed E-state index contributed by atoms with van der Waals surface area (Å²) in [4.78, 5) is 25.7. The molecule has 0 aromatic heterocycles. The number of carbonyl (C=O) groups is 2. The molecular formula is C20H29N3O2. The van der Waals surface area contributed by atoms with Crippen LogP contribution in [-0.2, 0) is 16.0 Å². The monoisotopic (exact) mass is 343 g/mol. The Bertz CT molecular complexity index is 606. The molecule has 1 aromatic rings. The molecule has 0 heterocycles. The van der Waals surface area contributed by atoms with Crippen molar-refractivity contribution in [2.75, 3.05) is 32.1 Å². The molecule has 5 nitrogen and oxygen atoms in total. The van der Waals surface area contributed by atoms with Crippen molar-refractivity contribution < 1.29 is 9.59 Å². The van der Waals surface area contributed by atoms with Crippen molar-refractivity contribution in [1.82, 2.24) is 10.6 Å². The predicted molar refractivity (Wildman–Crippen MR) is 102 cm³/mol. The first-order valence-electron chi connectivity index (χ1n) is 9.06. The van der Waals surface area contributed by atoms with E-state index in [1.807, 2.05) is 43.3 Å². The van der Waals surface area contributed by atoms with Gasteiger partial charge < -0.3 is 15.5 Å². The second kappa shape index (κ2) is 9.87. The number of hydrogen-bond donors (Lipinski definition) is 2. The number of hydrogen-bond acceptors (Lipinski definition) is 3. The SMILES string of the molecule is CN(C)c1ccc(CCNC(=O)C(=O)NCCC2=CCCCC2)cc1. The van der Waals surface area contributed by atoms with Crippen molar-refractivity contribution in [2.24, 2.45) is 0 Å². The van der Waals surface area contributed by atoms with Gasteiger partial charge in [0.25, 0.3) is 0 Å². The Labute approximate surface area is 150 Å². The lowest BCUT2D eigenvalue weighted by Gasteiger charge is -2.13. The molecule has 1 aromatic carbocycles. The van der Waals surface area contributed by atoms with Crippen molar-refractivity contribution in [3.8, 4) is 0 Å². The van der Waals surface area contributed by atoms with E-state index in [0.717, 1.165) is 30.5 Å². The average Bonchev–Trinajstić information content (AvgIpc) is 2.63. The fraction of sp³-hybridized carbons (Fsp3) is 0.500. The van der Waals surface area contributed by atoms with E-state index in [4.69, 9.17) is 0 Å². The van der Waals surface area contributed by atoms with Crippen LogP contribution < -0.4 is 15.5 Å². The molecule has 0 radical (unpaired) electrons. The van der Waals surface area contributed by atoms with Crippen LogP contribution in [0.4, 0.5) is 5.69 Å². The summed E-state index contributed by atoms with van der Waals surface area (Å²) in [6, 6.07) is 8.17. The van der Waals surface area contributed by atoms with Crippen LogP contribution in [0.3, 0.4) is 0 Å². The van der Waals surface area contributed by atoms with E-state index in [9.17, 15) is 9.59 Å². The van der Waals surface area contributed by atoms with Gasteiger partial charge in [-0.05, 0) is 56.2 Å². The van der Waals surface area contributed by atoms with Crippen molar-refractivity contribution in [1.29, 1.82) is 0 Å². The Hall–Kier alpha value is -2.30. The molecule has 0 atom stereocenters. The Morgan fingerprint density at radius 3 is 2.16 bits per heavy atom. The highest BCUT2D eigenvalue weighted by Gasteiger charge is 2.12.